The van der Waals surface area contributed by atoms with Crippen molar-refractivity contribution in [1.29, 1.82) is 0 Å². The maximum absolute atomic E-state index is 10.4. The van der Waals surface area contributed by atoms with Gasteiger partial charge in [0.1, 0.15) is 0 Å². The van der Waals surface area contributed by atoms with E-state index in [9.17, 15) is 9.59 Å². The van der Waals surface area contributed by atoms with Gasteiger partial charge in [0.2, 0.25) is 0 Å². The Hall–Kier alpha value is -1.54. The maximum Gasteiger partial charge on any atom is 0.406 e. The minimum absolute atomic E-state index is 0.00259. The molecule has 7 N–H and O–H groups in total. The average Bonchev–Trinajstić information content (AvgIpc) is 2.01. The third-order valence-corrected chi connectivity index (χ3v) is 1.30. The molecule has 0 fully saturated rings. The maximum atomic E-state index is 10.4. The van der Waals surface area contributed by atoms with E-state index < -0.39 is 24.5 Å². The van der Waals surface area contributed by atoms with Crippen LogP contribution in [0.2, 0.25) is 0 Å². The number of ether oxygens (including phenoxy) is 2. The molecule has 2 amide bonds. The van der Waals surface area contributed by atoms with Crippen molar-refractivity contribution < 1.29 is 24.2 Å². The van der Waals surface area contributed by atoms with Crippen LogP contribution in [0.4, 0.5) is 9.59 Å². The molecule has 82 valence electrons. The topological polar surface area (TPSA) is 151 Å². The number of amides is 2. The molecule has 1 unspecified atom stereocenters. The van der Waals surface area contributed by atoms with E-state index in [1.165, 1.54) is 0 Å². The Labute approximate surface area is 79.9 Å². The highest BCUT2D eigenvalue weighted by Gasteiger charge is 2.23. The average molecular weight is 207 g/mol. The van der Waals surface area contributed by atoms with Gasteiger partial charge < -0.3 is 26.0 Å². The minimum Gasteiger partial charge on any atom is -0.441 e. The first kappa shape index (κ1) is 12.5. The molecule has 0 aliphatic heterocycles. The number of hydrogen-bond acceptors (Lipinski definition) is 6. The normalized spacial score (nSPS) is 14.1. The smallest absolute Gasteiger partial charge is 0.406 e. The van der Waals surface area contributed by atoms with Crippen LogP contribution in [0.1, 0.15) is 6.42 Å². The number of primary amides is 2. The Balaban J connectivity index is 4.16. The van der Waals surface area contributed by atoms with E-state index in [0.29, 0.717) is 0 Å². The number of aliphatic hydroxyl groups is 1. The van der Waals surface area contributed by atoms with Gasteiger partial charge in [-0.1, -0.05) is 0 Å². The van der Waals surface area contributed by atoms with Crippen LogP contribution in [0, 0.1) is 0 Å². The van der Waals surface area contributed by atoms with Gasteiger partial charge in [0.25, 0.3) is 0 Å². The third-order valence-electron chi connectivity index (χ3n) is 1.30. The summed E-state index contributed by atoms with van der Waals surface area (Å²) >= 11 is 0. The van der Waals surface area contributed by atoms with E-state index in [-0.39, 0.29) is 13.0 Å². The van der Waals surface area contributed by atoms with E-state index in [1.54, 1.807) is 0 Å². The standard InChI is InChI=1S/C6H13N3O5/c7-4(14-6(9)12)3(1-2-10)13-5(8)11/h3-4,10H,1-2,7H2,(H2,8,11)(H2,9,12)/t3-,4?/m1/s1. The first-order chi connectivity index (χ1) is 6.47. The van der Waals surface area contributed by atoms with E-state index in [4.69, 9.17) is 16.6 Å². The number of carbonyl (C=O) groups is 2. The number of rotatable bonds is 5. The molecule has 0 spiro atoms. The van der Waals surface area contributed by atoms with E-state index in [1.807, 2.05) is 0 Å². The highest BCUT2D eigenvalue weighted by molar-refractivity contribution is 5.65. The molecular formula is C6H13N3O5. The zero-order valence-corrected chi connectivity index (χ0v) is 7.38. The molecule has 0 rings (SSSR count). The summed E-state index contributed by atoms with van der Waals surface area (Å²) in [5.74, 6) is 0. The largest absolute Gasteiger partial charge is 0.441 e. The van der Waals surface area contributed by atoms with E-state index in [2.05, 4.69) is 15.2 Å². The molecule has 0 aromatic carbocycles. The molecule has 0 aliphatic carbocycles. The Kier molecular flexibility index (Phi) is 5.34. The van der Waals surface area contributed by atoms with E-state index >= 15 is 0 Å². The van der Waals surface area contributed by atoms with Crippen LogP contribution in [0.5, 0.6) is 0 Å². The summed E-state index contributed by atoms with van der Waals surface area (Å²) in [5, 5.41) is 8.57. The summed E-state index contributed by atoms with van der Waals surface area (Å²) in [6.45, 7) is -0.298. The number of aliphatic hydroxyl groups excluding tert-OH is 1. The van der Waals surface area contributed by atoms with Gasteiger partial charge in [0, 0.05) is 13.0 Å². The van der Waals surface area contributed by atoms with Crippen LogP contribution in [0.3, 0.4) is 0 Å². The Morgan fingerprint density at radius 1 is 1.21 bits per heavy atom. The fraction of sp³-hybridized carbons (Fsp3) is 0.667. The van der Waals surface area contributed by atoms with Crippen molar-refractivity contribution in [2.24, 2.45) is 17.2 Å². The van der Waals surface area contributed by atoms with Gasteiger partial charge in [-0.15, -0.1) is 0 Å². The second-order valence-corrected chi connectivity index (χ2v) is 2.39. The van der Waals surface area contributed by atoms with Crippen molar-refractivity contribution in [1.82, 2.24) is 0 Å². The first-order valence-electron chi connectivity index (χ1n) is 3.76. The summed E-state index contributed by atoms with van der Waals surface area (Å²) in [7, 11) is 0. The molecule has 0 aromatic heterocycles. The zero-order valence-electron chi connectivity index (χ0n) is 7.38. The Bertz CT molecular complexity index is 210. The predicted molar refractivity (Wildman–Crippen MR) is 44.8 cm³/mol. The first-order valence-corrected chi connectivity index (χ1v) is 3.76. The molecular weight excluding hydrogens is 194 g/mol. The van der Waals surface area contributed by atoms with Gasteiger partial charge in [-0.2, -0.15) is 0 Å². The lowest BCUT2D eigenvalue weighted by Gasteiger charge is -2.21. The van der Waals surface area contributed by atoms with Crippen LogP contribution >= 0.6 is 0 Å². The molecule has 0 aliphatic rings. The molecule has 0 bridgehead atoms. The van der Waals surface area contributed by atoms with Crippen molar-refractivity contribution in [3.63, 3.8) is 0 Å². The fourth-order valence-corrected chi connectivity index (χ4v) is 0.777. The SMILES string of the molecule is NC(=O)OC(N)[C@@H](CCO)OC(N)=O. The molecule has 0 radical (unpaired) electrons. The second-order valence-electron chi connectivity index (χ2n) is 2.39. The summed E-state index contributed by atoms with van der Waals surface area (Å²) in [5.41, 5.74) is 14.7. The third kappa shape index (κ3) is 5.17. The number of hydrogen-bond donors (Lipinski definition) is 4. The molecule has 0 heterocycles. The molecule has 8 nitrogen and oxygen atoms in total. The second kappa shape index (κ2) is 6.00. The van der Waals surface area contributed by atoms with Crippen molar-refractivity contribution >= 4 is 12.2 Å². The van der Waals surface area contributed by atoms with Crippen LogP contribution in [-0.2, 0) is 9.47 Å². The van der Waals surface area contributed by atoms with Gasteiger partial charge >= 0.3 is 12.2 Å². The lowest BCUT2D eigenvalue weighted by molar-refractivity contribution is -0.0110. The molecule has 2 atom stereocenters. The van der Waals surface area contributed by atoms with Crippen LogP contribution in [0.15, 0.2) is 0 Å². The predicted octanol–water partition coefficient (Wildman–Crippen LogP) is -1.79. The summed E-state index contributed by atoms with van der Waals surface area (Å²) in [4.78, 5) is 20.7. The Morgan fingerprint density at radius 2 is 1.71 bits per heavy atom. The fourth-order valence-electron chi connectivity index (χ4n) is 0.777. The monoisotopic (exact) mass is 207 g/mol. The molecule has 0 saturated heterocycles. The van der Waals surface area contributed by atoms with Gasteiger partial charge in [-0.3, -0.25) is 5.73 Å². The van der Waals surface area contributed by atoms with Crippen LogP contribution < -0.4 is 17.2 Å². The van der Waals surface area contributed by atoms with Gasteiger partial charge in [0.05, 0.1) is 0 Å². The van der Waals surface area contributed by atoms with Crippen molar-refractivity contribution in [2.45, 2.75) is 18.8 Å². The van der Waals surface area contributed by atoms with E-state index in [0.717, 1.165) is 0 Å². The number of carbonyl (C=O) groups excluding carboxylic acids is 2. The lowest BCUT2D eigenvalue weighted by atomic mass is 10.2. The quantitative estimate of drug-likeness (QED) is 0.391. The molecule has 0 saturated carbocycles. The van der Waals surface area contributed by atoms with Crippen molar-refractivity contribution in [2.75, 3.05) is 6.61 Å². The summed E-state index contributed by atoms with van der Waals surface area (Å²) in [6, 6.07) is 0. The minimum atomic E-state index is -1.24. The molecule has 8 heteroatoms. The highest BCUT2D eigenvalue weighted by atomic mass is 16.6. The van der Waals surface area contributed by atoms with Crippen LogP contribution in [0.25, 0.3) is 0 Å². The van der Waals surface area contributed by atoms with Gasteiger partial charge in [-0.25, -0.2) is 9.59 Å². The zero-order chi connectivity index (χ0) is 11.1. The van der Waals surface area contributed by atoms with Crippen molar-refractivity contribution in [3.05, 3.63) is 0 Å². The highest BCUT2D eigenvalue weighted by Crippen LogP contribution is 2.03. The molecule has 0 aromatic rings. The van der Waals surface area contributed by atoms with Crippen molar-refractivity contribution in [3.8, 4) is 0 Å². The lowest BCUT2D eigenvalue weighted by Crippen LogP contribution is -2.44. The van der Waals surface area contributed by atoms with Gasteiger partial charge in [-0.05, 0) is 0 Å². The Morgan fingerprint density at radius 3 is 2.07 bits per heavy atom. The van der Waals surface area contributed by atoms with Crippen LogP contribution in [-0.4, -0.2) is 36.2 Å². The summed E-state index contributed by atoms with van der Waals surface area (Å²) < 4.78 is 8.81. The molecule has 14 heavy (non-hydrogen) atoms. The number of nitrogens with two attached hydrogens (primary N) is 3. The van der Waals surface area contributed by atoms with Gasteiger partial charge in [0.15, 0.2) is 12.3 Å². The summed E-state index contributed by atoms with van der Waals surface area (Å²) in [6.07, 6.45) is -4.44.